The Kier molecular flexibility index (Phi) is 13.5. The van der Waals surface area contributed by atoms with Gasteiger partial charge in [0.05, 0.1) is 6.61 Å². The summed E-state index contributed by atoms with van der Waals surface area (Å²) in [7, 11) is 1.35. The molecule has 0 aliphatic rings. The molecule has 0 radical (unpaired) electrons. The van der Waals surface area contributed by atoms with Crippen molar-refractivity contribution >= 4 is 59.2 Å². The van der Waals surface area contributed by atoms with Crippen LogP contribution in [0.25, 0.3) is 0 Å². The number of para-hydroxylation sites is 1. The summed E-state index contributed by atoms with van der Waals surface area (Å²) >= 11 is 4.06. The number of benzene rings is 2. The number of carbonyl (C=O) groups excluding carboxylic acids is 1. The van der Waals surface area contributed by atoms with E-state index in [9.17, 15) is 9.36 Å². The van der Waals surface area contributed by atoms with Gasteiger partial charge in [-0.2, -0.15) is 0 Å². The van der Waals surface area contributed by atoms with Gasteiger partial charge in [0.1, 0.15) is 23.2 Å². The van der Waals surface area contributed by atoms with E-state index < -0.39 is 17.2 Å². The van der Waals surface area contributed by atoms with E-state index in [2.05, 4.69) is 17.4 Å². The average Bonchev–Trinajstić information content (AvgIpc) is 2.88. The van der Waals surface area contributed by atoms with E-state index in [0.717, 1.165) is 28.5 Å². The van der Waals surface area contributed by atoms with E-state index in [-0.39, 0.29) is 12.1 Å². The van der Waals surface area contributed by atoms with E-state index in [1.54, 1.807) is 43.0 Å². The third kappa shape index (κ3) is 9.84. The zero-order valence-electron chi connectivity index (χ0n) is 21.1. The first-order valence-electron chi connectivity index (χ1n) is 11.4. The molecule has 1 N–H and O–H groups in total. The molecule has 0 aliphatic carbocycles. The molecule has 2 rings (SSSR count). The first-order chi connectivity index (χ1) is 17.4. The minimum absolute atomic E-state index is 0.0237. The smallest absolute Gasteiger partial charge is 0.418 e. The van der Waals surface area contributed by atoms with Gasteiger partial charge in [-0.05, 0) is 78.3 Å². The summed E-state index contributed by atoms with van der Waals surface area (Å²) in [6.45, 7) is 3.12. The number of carbonyl (C=O) groups is 1. The third-order valence-corrected chi connectivity index (χ3v) is 12.1. The third-order valence-electron chi connectivity index (χ3n) is 4.40. The fourth-order valence-electron chi connectivity index (χ4n) is 2.74. The monoisotopic (exact) mass is 572 g/mol. The van der Waals surface area contributed by atoms with Gasteiger partial charge in [0.25, 0.3) is 5.90 Å². The number of rotatable bonds is 14. The molecule has 0 heterocycles. The number of anilines is 1. The molecule has 0 bridgehead atoms. The Hall–Kier alpha value is -1.94. The van der Waals surface area contributed by atoms with Gasteiger partial charge in [0.15, 0.2) is 0 Å². The van der Waals surface area contributed by atoms with E-state index in [1.807, 2.05) is 37.4 Å². The van der Waals surface area contributed by atoms with Gasteiger partial charge in [-0.25, -0.2) is 4.79 Å². The fourth-order valence-corrected chi connectivity index (χ4v) is 9.46. The van der Waals surface area contributed by atoms with Crippen molar-refractivity contribution in [2.75, 3.05) is 37.2 Å². The number of nitrogens with one attached hydrogen (secondary N) is 1. The van der Waals surface area contributed by atoms with Crippen LogP contribution in [0.15, 0.2) is 58.6 Å². The zero-order valence-corrected chi connectivity index (χ0v) is 24.4. The highest BCUT2D eigenvalue weighted by molar-refractivity contribution is 8.59. The molecule has 2 aromatic rings. The molecule has 0 saturated heterocycles. The van der Waals surface area contributed by atoms with Crippen LogP contribution in [0, 0.1) is 0 Å². The highest BCUT2D eigenvalue weighted by Gasteiger charge is 2.34. The topological polar surface area (TPSA) is 95.5 Å². The quantitative estimate of drug-likeness (QED) is 0.0607. The van der Waals surface area contributed by atoms with Crippen LogP contribution in [0.5, 0.6) is 11.5 Å². The molecule has 0 fully saturated rings. The molecule has 0 spiro atoms. The van der Waals surface area contributed by atoms with Crippen molar-refractivity contribution in [3.05, 3.63) is 48.5 Å². The molecule has 0 aliphatic heterocycles. The molecule has 0 saturated carbocycles. The Morgan fingerprint density at radius 3 is 2.44 bits per heavy atom. The second-order valence-corrected chi connectivity index (χ2v) is 14.5. The summed E-state index contributed by atoms with van der Waals surface area (Å²) in [6.07, 6.45) is 2.35. The van der Waals surface area contributed by atoms with Crippen LogP contribution in [0.3, 0.4) is 0 Å². The highest BCUT2D eigenvalue weighted by Crippen LogP contribution is 2.63. The minimum atomic E-state index is -3.23. The Balaban J connectivity index is 2.13. The van der Waals surface area contributed by atoms with Crippen LogP contribution in [-0.4, -0.2) is 48.5 Å². The van der Waals surface area contributed by atoms with Gasteiger partial charge in [0.2, 0.25) is 0 Å². The van der Waals surface area contributed by atoms with E-state index >= 15 is 0 Å². The zero-order chi connectivity index (χ0) is 26.4. The number of nitrogens with zero attached hydrogens (tertiary/aromatic N) is 1. The lowest BCUT2D eigenvalue weighted by Gasteiger charge is -2.23. The van der Waals surface area contributed by atoms with Gasteiger partial charge in [0, 0.05) is 16.7 Å². The van der Waals surface area contributed by atoms with Crippen molar-refractivity contribution in [3.63, 3.8) is 0 Å². The summed E-state index contributed by atoms with van der Waals surface area (Å²) in [5.41, 5.74) is 0.525. The van der Waals surface area contributed by atoms with E-state index in [4.69, 9.17) is 18.8 Å². The normalized spacial score (nSPS) is 13.9. The molecule has 36 heavy (non-hydrogen) atoms. The van der Waals surface area contributed by atoms with Crippen LogP contribution >= 0.6 is 41.5 Å². The average molecular weight is 573 g/mol. The second-order valence-electron chi connectivity index (χ2n) is 7.07. The molecule has 1 amide bonds. The molecule has 12 heteroatoms. The number of hydrogen-bond donors (Lipinski definition) is 1. The Morgan fingerprint density at radius 2 is 1.83 bits per heavy atom. The van der Waals surface area contributed by atoms with Gasteiger partial charge in [-0.15, -0.1) is 23.5 Å². The van der Waals surface area contributed by atoms with Crippen molar-refractivity contribution in [3.8, 4) is 11.5 Å². The fraction of sp³-hybridized carbons (Fsp3) is 0.417. The summed E-state index contributed by atoms with van der Waals surface area (Å²) in [4.78, 5) is 18.4. The lowest BCUT2D eigenvalue weighted by atomic mass is 10.3. The largest absolute Gasteiger partial charge is 0.494 e. The van der Waals surface area contributed by atoms with Crippen LogP contribution in [0.1, 0.15) is 27.2 Å². The highest BCUT2D eigenvalue weighted by atomic mass is 32.7. The maximum absolute atomic E-state index is 13.8. The van der Waals surface area contributed by atoms with Crippen molar-refractivity contribution in [2.45, 2.75) is 36.7 Å². The molecule has 2 unspecified atom stereocenters. The number of thioether (sulfide) groups is 2. The predicted octanol–water partition coefficient (Wildman–Crippen LogP) is 7.81. The number of amides is 1. The van der Waals surface area contributed by atoms with E-state index in [1.165, 1.54) is 18.9 Å². The van der Waals surface area contributed by atoms with Crippen LogP contribution in [0.4, 0.5) is 10.5 Å². The Morgan fingerprint density at radius 1 is 1.11 bits per heavy atom. The first-order valence-corrected chi connectivity index (χ1v) is 17.0. The van der Waals surface area contributed by atoms with Gasteiger partial charge >= 0.3 is 12.7 Å². The van der Waals surface area contributed by atoms with Gasteiger partial charge < -0.3 is 18.8 Å². The second kappa shape index (κ2) is 16.0. The van der Waals surface area contributed by atoms with Crippen LogP contribution in [0.2, 0.25) is 0 Å². The van der Waals surface area contributed by atoms with Crippen molar-refractivity contribution < 1.29 is 28.2 Å². The maximum atomic E-state index is 13.8. The molecular formula is C24H33N2O6PS3. The predicted molar refractivity (Wildman–Crippen MR) is 153 cm³/mol. The SMILES string of the molecule is CCCSc1ccccc1OP(=O)(CC)SC(SC)C(=NOC)OC(=O)Nc1ccc(OCC)cc1. The number of oxime groups is 1. The first kappa shape index (κ1) is 30.3. The molecule has 198 valence electrons. The minimum Gasteiger partial charge on any atom is -0.494 e. The molecule has 0 aromatic heterocycles. The van der Waals surface area contributed by atoms with Crippen molar-refractivity contribution in [1.82, 2.24) is 0 Å². The number of ether oxygens (including phenoxy) is 2. The Labute approximate surface area is 225 Å². The molecule has 8 nitrogen and oxygen atoms in total. The maximum Gasteiger partial charge on any atom is 0.418 e. The molecular weight excluding hydrogens is 539 g/mol. The lowest BCUT2D eigenvalue weighted by molar-refractivity contribution is 0.187. The summed E-state index contributed by atoms with van der Waals surface area (Å²) in [6, 6.07) is 14.5. The lowest BCUT2D eigenvalue weighted by Crippen LogP contribution is -2.25. The summed E-state index contributed by atoms with van der Waals surface area (Å²) in [5.74, 6) is 2.18. The summed E-state index contributed by atoms with van der Waals surface area (Å²) in [5, 5.41) is 6.54. The van der Waals surface area contributed by atoms with Gasteiger partial charge in [-0.1, -0.05) is 26.0 Å². The van der Waals surface area contributed by atoms with Crippen LogP contribution in [-0.2, 0) is 14.1 Å². The van der Waals surface area contributed by atoms with Crippen LogP contribution < -0.4 is 14.6 Å². The molecule has 2 atom stereocenters. The number of hydrogen-bond acceptors (Lipinski definition) is 10. The Bertz CT molecular complexity index is 1040. The van der Waals surface area contributed by atoms with Gasteiger partial charge in [-0.3, -0.25) is 9.88 Å². The van der Waals surface area contributed by atoms with E-state index in [0.29, 0.717) is 23.8 Å². The standard InChI is InChI=1S/C24H33N2O6PS3/c1-6-17-35-21-12-10-9-11-20(21)32-33(28,8-3)36-23(34-5)22(26-29-4)31-24(27)25-18-13-15-19(16-14-18)30-7-2/h9-16,23H,6-8,17H2,1-5H3,(H,25,27). The summed E-state index contributed by atoms with van der Waals surface area (Å²) < 4.78 is 30.1. The van der Waals surface area contributed by atoms with Crippen molar-refractivity contribution in [2.24, 2.45) is 5.16 Å². The molecule has 2 aromatic carbocycles. The van der Waals surface area contributed by atoms with Crippen molar-refractivity contribution in [1.29, 1.82) is 0 Å².